The Labute approximate surface area is 124 Å². The molecular formula is C12H18ClNO4S2. The second-order valence-electron chi connectivity index (χ2n) is 5.69. The summed E-state index contributed by atoms with van der Waals surface area (Å²) in [7, 11) is -2.07. The zero-order valence-electron chi connectivity index (χ0n) is 11.6. The molecule has 1 rings (SSSR count). The molecule has 0 bridgehead atoms. The Balaban J connectivity index is 2.78. The molecule has 0 heterocycles. The van der Waals surface area contributed by atoms with Crippen LogP contribution < -0.4 is 4.72 Å². The molecule has 0 aliphatic rings. The van der Waals surface area contributed by atoms with Crippen LogP contribution in [0.5, 0.6) is 0 Å². The van der Waals surface area contributed by atoms with Crippen LogP contribution >= 0.6 is 10.7 Å². The Kier molecular flexibility index (Phi) is 5.10. The molecule has 0 amide bonds. The molecule has 1 aromatic carbocycles. The lowest BCUT2D eigenvalue weighted by atomic mass is 9.94. The first kappa shape index (κ1) is 17.3. The Morgan fingerprint density at radius 2 is 1.55 bits per heavy atom. The molecule has 5 nitrogen and oxygen atoms in total. The fourth-order valence-corrected chi connectivity index (χ4v) is 3.60. The van der Waals surface area contributed by atoms with Gasteiger partial charge in [0.2, 0.25) is 10.0 Å². The summed E-state index contributed by atoms with van der Waals surface area (Å²) in [5.41, 5.74) is 0.230. The molecule has 0 atom stereocenters. The highest BCUT2D eigenvalue weighted by molar-refractivity contribution is 8.13. The molecule has 0 saturated heterocycles. The van der Waals surface area contributed by atoms with Crippen molar-refractivity contribution in [1.82, 2.24) is 0 Å². The maximum atomic E-state index is 11.9. The minimum absolute atomic E-state index is 0.00601. The van der Waals surface area contributed by atoms with Gasteiger partial charge in [-0.05, 0) is 36.1 Å². The minimum atomic E-state index is -3.80. The van der Waals surface area contributed by atoms with Gasteiger partial charge in [0.15, 0.2) is 0 Å². The summed E-state index contributed by atoms with van der Waals surface area (Å²) in [6.45, 7) is 5.88. The highest BCUT2D eigenvalue weighted by atomic mass is 35.7. The van der Waals surface area contributed by atoms with Crippen LogP contribution in [-0.2, 0) is 19.1 Å². The summed E-state index contributed by atoms with van der Waals surface area (Å²) in [6, 6.07) is 5.24. The van der Waals surface area contributed by atoms with Gasteiger partial charge < -0.3 is 0 Å². The van der Waals surface area contributed by atoms with E-state index in [0.717, 1.165) is 0 Å². The third kappa shape index (κ3) is 6.11. The van der Waals surface area contributed by atoms with E-state index in [1.165, 1.54) is 24.3 Å². The number of anilines is 1. The van der Waals surface area contributed by atoms with Crippen molar-refractivity contribution in [2.45, 2.75) is 32.1 Å². The second kappa shape index (κ2) is 5.91. The van der Waals surface area contributed by atoms with Crippen molar-refractivity contribution in [2.24, 2.45) is 5.41 Å². The van der Waals surface area contributed by atoms with E-state index in [0.29, 0.717) is 12.1 Å². The van der Waals surface area contributed by atoms with Gasteiger partial charge in [-0.15, -0.1) is 0 Å². The van der Waals surface area contributed by atoms with Crippen LogP contribution in [0, 0.1) is 5.41 Å². The maximum absolute atomic E-state index is 11.9. The minimum Gasteiger partial charge on any atom is -0.284 e. The SMILES string of the molecule is CC(C)(C)CCS(=O)(=O)Nc1ccc(S(=O)(=O)Cl)cc1. The van der Waals surface area contributed by atoms with Gasteiger partial charge in [-0.3, -0.25) is 4.72 Å². The topological polar surface area (TPSA) is 80.3 Å². The van der Waals surface area contributed by atoms with Crippen LogP contribution in [-0.4, -0.2) is 22.6 Å². The first-order valence-corrected chi connectivity index (χ1v) is 9.90. The van der Waals surface area contributed by atoms with Crippen LogP contribution in [0.15, 0.2) is 29.2 Å². The summed E-state index contributed by atoms with van der Waals surface area (Å²) in [6.07, 6.45) is 0.524. The van der Waals surface area contributed by atoms with Crippen LogP contribution in [0.4, 0.5) is 5.69 Å². The van der Waals surface area contributed by atoms with Gasteiger partial charge in [-0.2, -0.15) is 0 Å². The predicted molar refractivity (Wildman–Crippen MR) is 81.0 cm³/mol. The summed E-state index contributed by atoms with van der Waals surface area (Å²) >= 11 is 0. The average molecular weight is 340 g/mol. The number of benzene rings is 1. The lowest BCUT2D eigenvalue weighted by Gasteiger charge is -2.18. The molecule has 0 aliphatic heterocycles. The second-order valence-corrected chi connectivity index (χ2v) is 10.1. The largest absolute Gasteiger partial charge is 0.284 e. The molecule has 0 aromatic heterocycles. The molecule has 0 unspecified atom stereocenters. The smallest absolute Gasteiger partial charge is 0.261 e. The Bertz CT molecular complexity index is 658. The molecule has 0 saturated carbocycles. The van der Waals surface area contributed by atoms with Crippen molar-refractivity contribution in [3.05, 3.63) is 24.3 Å². The number of sulfonamides is 1. The van der Waals surface area contributed by atoms with Gasteiger partial charge in [-0.25, -0.2) is 16.8 Å². The van der Waals surface area contributed by atoms with E-state index >= 15 is 0 Å². The maximum Gasteiger partial charge on any atom is 0.261 e. The van der Waals surface area contributed by atoms with Crippen molar-refractivity contribution in [2.75, 3.05) is 10.5 Å². The molecule has 8 heteroatoms. The van der Waals surface area contributed by atoms with Gasteiger partial charge in [0, 0.05) is 16.4 Å². The van der Waals surface area contributed by atoms with Gasteiger partial charge in [0.05, 0.1) is 10.6 Å². The molecule has 0 fully saturated rings. The van der Waals surface area contributed by atoms with Gasteiger partial charge >= 0.3 is 0 Å². The molecule has 114 valence electrons. The van der Waals surface area contributed by atoms with Crippen molar-refractivity contribution in [3.8, 4) is 0 Å². The summed E-state index contributed by atoms with van der Waals surface area (Å²) in [5.74, 6) is 0.00601. The molecular weight excluding hydrogens is 322 g/mol. The molecule has 20 heavy (non-hydrogen) atoms. The van der Waals surface area contributed by atoms with Crippen LogP contribution in [0.25, 0.3) is 0 Å². The van der Waals surface area contributed by atoms with Crippen LogP contribution in [0.1, 0.15) is 27.2 Å². The van der Waals surface area contributed by atoms with E-state index in [4.69, 9.17) is 10.7 Å². The number of halogens is 1. The highest BCUT2D eigenvalue weighted by Crippen LogP contribution is 2.21. The van der Waals surface area contributed by atoms with E-state index in [1.807, 2.05) is 20.8 Å². The molecule has 0 radical (unpaired) electrons. The van der Waals surface area contributed by atoms with Crippen LogP contribution in [0.3, 0.4) is 0 Å². The van der Waals surface area contributed by atoms with E-state index in [9.17, 15) is 16.8 Å². The van der Waals surface area contributed by atoms with Gasteiger partial charge in [0.1, 0.15) is 0 Å². The monoisotopic (exact) mass is 339 g/mol. The average Bonchev–Trinajstić information content (AvgIpc) is 2.25. The fraction of sp³-hybridized carbons (Fsp3) is 0.500. The van der Waals surface area contributed by atoms with Gasteiger partial charge in [-0.1, -0.05) is 20.8 Å². The van der Waals surface area contributed by atoms with Crippen molar-refractivity contribution in [1.29, 1.82) is 0 Å². The highest BCUT2D eigenvalue weighted by Gasteiger charge is 2.17. The summed E-state index contributed by atoms with van der Waals surface area (Å²) < 4.78 is 48.3. The third-order valence-electron chi connectivity index (χ3n) is 2.53. The Hall–Kier alpha value is -0.790. The normalized spacial score (nSPS) is 13.2. The van der Waals surface area contributed by atoms with E-state index in [2.05, 4.69) is 4.72 Å². The summed E-state index contributed by atoms with van der Waals surface area (Å²) in [4.78, 5) is -0.0724. The van der Waals surface area contributed by atoms with Crippen molar-refractivity contribution >= 4 is 35.4 Å². The van der Waals surface area contributed by atoms with E-state index < -0.39 is 19.1 Å². The Morgan fingerprint density at radius 3 is 1.95 bits per heavy atom. The number of hydrogen-bond acceptors (Lipinski definition) is 4. The lowest BCUT2D eigenvalue weighted by molar-refractivity contribution is 0.397. The molecule has 1 N–H and O–H groups in total. The lowest BCUT2D eigenvalue weighted by Crippen LogP contribution is -2.20. The molecule has 1 aromatic rings. The van der Waals surface area contributed by atoms with Crippen LogP contribution in [0.2, 0.25) is 0 Å². The zero-order valence-corrected chi connectivity index (χ0v) is 13.9. The van der Waals surface area contributed by atoms with E-state index in [-0.39, 0.29) is 16.1 Å². The number of nitrogens with one attached hydrogen (secondary N) is 1. The fourth-order valence-electron chi connectivity index (χ4n) is 1.36. The molecule has 0 spiro atoms. The molecule has 0 aliphatic carbocycles. The van der Waals surface area contributed by atoms with Gasteiger partial charge in [0.25, 0.3) is 9.05 Å². The quantitative estimate of drug-likeness (QED) is 0.836. The van der Waals surface area contributed by atoms with E-state index in [1.54, 1.807) is 0 Å². The van der Waals surface area contributed by atoms with Crippen molar-refractivity contribution in [3.63, 3.8) is 0 Å². The standard InChI is InChI=1S/C12H18ClNO4S2/c1-12(2,3)8-9-19(15,16)14-10-4-6-11(7-5-10)20(13,17)18/h4-7,14H,8-9H2,1-3H3. The Morgan fingerprint density at radius 1 is 1.05 bits per heavy atom. The predicted octanol–water partition coefficient (Wildman–Crippen LogP) is 2.79. The van der Waals surface area contributed by atoms with Crippen molar-refractivity contribution < 1.29 is 16.8 Å². The number of hydrogen-bond donors (Lipinski definition) is 1. The first-order chi connectivity index (χ1) is 8.89. The summed E-state index contributed by atoms with van der Waals surface area (Å²) in [5, 5.41) is 0. The third-order valence-corrected chi connectivity index (χ3v) is 5.19. The number of rotatable bonds is 5. The first-order valence-electron chi connectivity index (χ1n) is 5.94. The zero-order chi connectivity index (χ0) is 15.6.